The van der Waals surface area contributed by atoms with Crippen molar-refractivity contribution in [2.75, 3.05) is 0 Å². The lowest BCUT2D eigenvalue weighted by atomic mass is 30.7. The van der Waals surface area contributed by atoms with E-state index < -0.39 is 0 Å². The van der Waals surface area contributed by atoms with Crippen LogP contribution in [0.25, 0.3) is 0 Å². The fourth-order valence-corrected chi connectivity index (χ4v) is 57.9. The standard InChI is InChI=1S/S25/c1-4-5-6-7-8-9-10-11-12-13-14-15-16-17-18-19-20-21-22-23-24-25(2)3. The lowest BCUT2D eigenvalue weighted by molar-refractivity contribution is 5.95. The summed E-state index contributed by atoms with van der Waals surface area (Å²) in [6.45, 7) is -0.372. The summed E-state index contributed by atoms with van der Waals surface area (Å²) in [5.74, 6) is 0. The highest BCUT2D eigenvalue weighted by Gasteiger charge is 1.43. The van der Waals surface area contributed by atoms with Crippen molar-refractivity contribution in [2.24, 2.45) is 0 Å². The lowest BCUT2D eigenvalue weighted by Crippen LogP contribution is -1.41. The zero-order valence-electron chi connectivity index (χ0n) is 10.2. The van der Waals surface area contributed by atoms with E-state index in [4.69, 9.17) is 33.6 Å². The first-order valence-electron chi connectivity index (χ1n) is 4.00. The molecule has 0 heterocycles. The van der Waals surface area contributed by atoms with Gasteiger partial charge in [-0.3, -0.25) is 0 Å². The van der Waals surface area contributed by atoms with Gasteiger partial charge in [0.25, 0.3) is 0 Å². The fraction of sp³-hybridized carbons (Fsp3) is 0. The van der Waals surface area contributed by atoms with Crippen LogP contribution in [0.15, 0.2) is 0 Å². The maximum Gasteiger partial charge on any atom is 0 e. The minimum absolute atomic E-state index is 0.372. The molecule has 0 N–H and O–H groups in total. The van der Waals surface area contributed by atoms with E-state index in [0.29, 0.717) is 0 Å². The molecule has 0 atom stereocenters. The number of hydrogen-bond donors (Lipinski definition) is 0. The van der Waals surface area contributed by atoms with Crippen LogP contribution >= 0.6 is 0 Å². The summed E-state index contributed by atoms with van der Waals surface area (Å²) < 4.78 is 0. The topological polar surface area (TPSA) is 0 Å². The normalized spacial score (nSPS) is 7.68. The second-order valence-electron chi connectivity index (χ2n) is 1.63. The third-order valence-electron chi connectivity index (χ3n) is 0.611. The molecule has 0 aliphatic carbocycles. The molecular formula is S25. The molecule has 0 spiro atoms. The smallest absolute Gasteiger partial charge is 0 e. The Labute approximate surface area is 220 Å². The summed E-state index contributed by atoms with van der Waals surface area (Å²) in [4.78, 5) is 0. The lowest BCUT2D eigenvalue weighted by Gasteiger charge is -1.41. The fourth-order valence-electron chi connectivity index (χ4n) is 0.238. The van der Waals surface area contributed by atoms with Crippen LogP contribution in [-0.2, 0) is 227 Å². The molecule has 150 valence electrons. The van der Waals surface area contributed by atoms with Gasteiger partial charge in [0.1, 0.15) is 0 Å². The van der Waals surface area contributed by atoms with Gasteiger partial charge in [0.15, 0.2) is 0 Å². The number of hydrogen-bond acceptors (Lipinski definition) is 3. The van der Waals surface area contributed by atoms with E-state index in [-0.39, 0.29) is 6.57 Å². The van der Waals surface area contributed by atoms with E-state index in [9.17, 15) is 0 Å². The summed E-state index contributed by atoms with van der Waals surface area (Å²) in [7, 11) is 36.5. The summed E-state index contributed by atoms with van der Waals surface area (Å²) >= 11 is 14.6. The van der Waals surface area contributed by atoms with Crippen LogP contribution in [0.4, 0.5) is 0 Å². The molecule has 25 heavy (non-hydrogen) atoms. The Morgan fingerprint density at radius 2 is 0.600 bits per heavy atom. The Morgan fingerprint density at radius 1 is 0.360 bits per heavy atom. The average Bonchev–Trinajstić information content (AvgIpc) is 2.60. The van der Waals surface area contributed by atoms with Crippen LogP contribution in [0.2, 0.25) is 0 Å². The molecule has 0 radical (unpaired) electrons. The molecule has 0 aliphatic heterocycles. The Kier molecular flexibility index (Phi) is 33.6. The van der Waals surface area contributed by atoms with Gasteiger partial charge in [-0.2, -0.15) is 0 Å². The summed E-state index contributed by atoms with van der Waals surface area (Å²) in [5, 5.41) is 0. The maximum absolute atomic E-state index is 4.92. The molecule has 0 fully saturated rings. The van der Waals surface area contributed by atoms with Crippen molar-refractivity contribution in [3.8, 4) is 0 Å². The predicted octanol–water partition coefficient (Wildman–Crippen LogP) is -0.0600. The second kappa shape index (κ2) is 27.5. The molecule has 0 aromatic rings. The molecular weight excluding hydrogens is 802 g/mol. The molecule has 0 aliphatic rings. The quantitative estimate of drug-likeness (QED) is 0.338. The van der Waals surface area contributed by atoms with Gasteiger partial charge in [0.05, 0.1) is 0 Å². The molecule has 0 aromatic heterocycles. The largest absolute Gasteiger partial charge is 0 e. The van der Waals surface area contributed by atoms with E-state index in [1.165, 1.54) is 8.88 Å². The van der Waals surface area contributed by atoms with Gasteiger partial charge in [-0.1, -0.05) is 0 Å². The Bertz CT molecular complexity index is 1460. The SMILES string of the molecule is S=S=S=S=S=S=S=S=S=S=S=S=S=S=S=S=S=S=S=S=S=S=S(=S)=S. The van der Waals surface area contributed by atoms with Crippen LogP contribution in [0.1, 0.15) is 0 Å². The van der Waals surface area contributed by atoms with Crippen LogP contribution in [0, 0.1) is 0 Å². The molecule has 0 saturated carbocycles. The van der Waals surface area contributed by atoms with E-state index in [1.807, 2.05) is 0 Å². The monoisotopic (exact) mass is 799 g/mol. The Morgan fingerprint density at radius 3 is 0.840 bits per heavy atom. The van der Waals surface area contributed by atoms with Crippen molar-refractivity contribution in [3.05, 3.63) is 0 Å². The van der Waals surface area contributed by atoms with E-state index in [2.05, 4.69) is 0 Å². The van der Waals surface area contributed by atoms with Gasteiger partial charge in [-0.15, -0.1) is 0 Å². The summed E-state index contributed by atoms with van der Waals surface area (Å²) in [6, 6.07) is 0. The number of rotatable bonds is 0. The first-order chi connectivity index (χ1) is 12.3. The van der Waals surface area contributed by atoms with Crippen LogP contribution in [-0.4, -0.2) is 0 Å². The molecule has 25 heteroatoms. The third-order valence-corrected chi connectivity index (χ3v) is 49.5. The van der Waals surface area contributed by atoms with Crippen LogP contribution in [0.3, 0.4) is 0 Å². The predicted molar refractivity (Wildman–Crippen MR) is 184 cm³/mol. The maximum atomic E-state index is 4.92. The first-order valence-corrected chi connectivity index (χ1v) is 36.0. The molecule has 0 rings (SSSR count). The highest BCUT2D eigenvalue weighted by Crippen LogP contribution is 1.43. The first kappa shape index (κ1) is 30.5. The summed E-state index contributed by atoms with van der Waals surface area (Å²) in [6.07, 6.45) is 0. The Hall–Kier alpha value is 5.50. The van der Waals surface area contributed by atoms with Gasteiger partial charge < -0.3 is 0 Å². The van der Waals surface area contributed by atoms with E-state index in [0.717, 1.165) is 0 Å². The van der Waals surface area contributed by atoms with Crippen molar-refractivity contribution < 1.29 is 0 Å². The van der Waals surface area contributed by atoms with Crippen LogP contribution < -0.4 is 0 Å². The van der Waals surface area contributed by atoms with Crippen LogP contribution in [0.5, 0.6) is 0 Å². The van der Waals surface area contributed by atoms with E-state index in [1.54, 1.807) is 178 Å². The van der Waals surface area contributed by atoms with Crippen molar-refractivity contribution >= 4 is 227 Å². The van der Waals surface area contributed by atoms with Crippen molar-refractivity contribution in [1.82, 2.24) is 0 Å². The van der Waals surface area contributed by atoms with E-state index >= 15 is 0 Å². The highest BCUT2D eigenvalue weighted by atomic mass is 33.5. The van der Waals surface area contributed by atoms with Crippen molar-refractivity contribution in [1.29, 1.82) is 0 Å². The molecule has 0 bridgehead atoms. The highest BCUT2D eigenvalue weighted by molar-refractivity contribution is 8.80. The summed E-state index contributed by atoms with van der Waals surface area (Å²) in [5.41, 5.74) is 0. The van der Waals surface area contributed by atoms with Gasteiger partial charge in [-0.05, 0) is 0 Å². The minimum atomic E-state index is -0.372. The van der Waals surface area contributed by atoms with Gasteiger partial charge in [0, 0.05) is 227 Å². The third kappa shape index (κ3) is 29.5. The average molecular weight is 802 g/mol. The molecule has 0 saturated heterocycles. The zero-order chi connectivity index (χ0) is 18.4. The molecule has 0 aromatic carbocycles. The van der Waals surface area contributed by atoms with Gasteiger partial charge in [0.2, 0.25) is 0 Å². The Balaban J connectivity index is 5.92. The molecule has 0 unspecified atom stereocenters. The van der Waals surface area contributed by atoms with Crippen molar-refractivity contribution in [2.45, 2.75) is 0 Å². The van der Waals surface area contributed by atoms with Crippen molar-refractivity contribution in [3.63, 3.8) is 0 Å². The molecule has 0 amide bonds. The second-order valence-corrected chi connectivity index (χ2v) is 44.1. The minimum Gasteiger partial charge on any atom is 0 e. The molecule has 0 nitrogen and oxygen atoms in total. The zero-order valence-corrected chi connectivity index (χ0v) is 30.6. The van der Waals surface area contributed by atoms with Gasteiger partial charge >= 0.3 is 0 Å². The van der Waals surface area contributed by atoms with Gasteiger partial charge in [-0.25, -0.2) is 0 Å².